The summed E-state index contributed by atoms with van der Waals surface area (Å²) in [6.45, 7) is 2.84. The van der Waals surface area contributed by atoms with Crippen molar-refractivity contribution in [3.8, 4) is 0 Å². The molecule has 2 aromatic carbocycles. The highest BCUT2D eigenvalue weighted by atomic mass is 79.9. The minimum absolute atomic E-state index is 0.0309. The third-order valence-corrected chi connectivity index (χ3v) is 6.38. The third kappa shape index (κ3) is 4.42. The number of halogens is 2. The lowest BCUT2D eigenvalue weighted by atomic mass is 9.72. The van der Waals surface area contributed by atoms with Crippen LogP contribution in [-0.4, -0.2) is 47.8 Å². The number of benzene rings is 2. The summed E-state index contributed by atoms with van der Waals surface area (Å²) in [7, 11) is 0. The summed E-state index contributed by atoms with van der Waals surface area (Å²) in [4.78, 5) is 28.7. The van der Waals surface area contributed by atoms with E-state index in [9.17, 15) is 14.0 Å². The molecule has 0 N–H and O–H groups in total. The second kappa shape index (κ2) is 8.11. The van der Waals surface area contributed by atoms with Crippen molar-refractivity contribution in [3.63, 3.8) is 0 Å². The average molecular weight is 457 g/mol. The zero-order chi connectivity index (χ0) is 20.4. The zero-order valence-corrected chi connectivity index (χ0v) is 17.6. The van der Waals surface area contributed by atoms with Gasteiger partial charge in [-0.2, -0.15) is 0 Å². The number of likely N-dealkylation sites (tertiary alicyclic amines) is 2. The van der Waals surface area contributed by atoms with Crippen molar-refractivity contribution in [2.45, 2.75) is 12.8 Å². The second-order valence-electron chi connectivity index (χ2n) is 7.88. The van der Waals surface area contributed by atoms with Crippen LogP contribution in [0, 0.1) is 11.2 Å². The molecule has 0 atom stereocenters. The van der Waals surface area contributed by atoms with Gasteiger partial charge in [-0.25, -0.2) is 4.39 Å². The van der Waals surface area contributed by atoms with Gasteiger partial charge in [0.05, 0.1) is 0 Å². The minimum atomic E-state index is -0.340. The fourth-order valence-corrected chi connectivity index (χ4v) is 4.31. The molecule has 2 heterocycles. The first-order valence-corrected chi connectivity index (χ1v) is 10.5. The summed E-state index contributed by atoms with van der Waals surface area (Å²) in [5, 5.41) is 0. The molecule has 2 aromatic rings. The van der Waals surface area contributed by atoms with Crippen LogP contribution in [-0.2, 0) is 4.79 Å². The molecule has 0 unspecified atom stereocenters. The third-order valence-electron chi connectivity index (χ3n) is 5.86. The molecular weight excluding hydrogens is 435 g/mol. The van der Waals surface area contributed by atoms with Crippen LogP contribution in [0.5, 0.6) is 0 Å². The first kappa shape index (κ1) is 19.8. The standard InChI is InChI=1S/C23H22BrFN2O2/c24-19-6-1-17(2-7-19)3-10-21(28)27-15-23(16-27)11-13-26(14-12-23)22(29)18-4-8-20(25)9-5-18/h1-10H,11-16H2. The van der Waals surface area contributed by atoms with Crippen LogP contribution in [0.25, 0.3) is 6.08 Å². The number of nitrogens with zero attached hydrogens (tertiary/aromatic N) is 2. The van der Waals surface area contributed by atoms with Gasteiger partial charge >= 0.3 is 0 Å². The molecule has 0 aliphatic carbocycles. The lowest BCUT2D eigenvalue weighted by Gasteiger charge is -2.53. The van der Waals surface area contributed by atoms with E-state index in [1.54, 1.807) is 6.08 Å². The average Bonchev–Trinajstić information content (AvgIpc) is 2.71. The van der Waals surface area contributed by atoms with E-state index in [0.29, 0.717) is 18.7 Å². The highest BCUT2D eigenvalue weighted by molar-refractivity contribution is 9.10. The summed E-state index contributed by atoms with van der Waals surface area (Å²) in [5.41, 5.74) is 1.64. The fourth-order valence-electron chi connectivity index (χ4n) is 4.04. The Kier molecular flexibility index (Phi) is 5.54. The number of rotatable bonds is 3. The smallest absolute Gasteiger partial charge is 0.253 e. The van der Waals surface area contributed by atoms with Gasteiger partial charge in [0.2, 0.25) is 5.91 Å². The first-order valence-electron chi connectivity index (χ1n) is 9.72. The summed E-state index contributed by atoms with van der Waals surface area (Å²) >= 11 is 3.40. The van der Waals surface area contributed by atoms with Gasteiger partial charge in [0, 0.05) is 47.7 Å². The monoisotopic (exact) mass is 456 g/mol. The number of carbonyl (C=O) groups excluding carboxylic acids is 2. The van der Waals surface area contributed by atoms with Crippen LogP contribution >= 0.6 is 15.9 Å². The Balaban J connectivity index is 1.27. The Morgan fingerprint density at radius 1 is 0.931 bits per heavy atom. The Morgan fingerprint density at radius 2 is 1.55 bits per heavy atom. The predicted octanol–water partition coefficient (Wildman–Crippen LogP) is 4.37. The molecule has 2 saturated heterocycles. The fraction of sp³-hybridized carbons (Fsp3) is 0.304. The van der Waals surface area contributed by atoms with Gasteiger partial charge in [-0.1, -0.05) is 28.1 Å². The SMILES string of the molecule is O=C(C=Cc1ccc(Br)cc1)N1CC2(CCN(C(=O)c3ccc(F)cc3)CC2)C1. The maximum absolute atomic E-state index is 13.1. The highest BCUT2D eigenvalue weighted by Crippen LogP contribution is 2.40. The van der Waals surface area contributed by atoms with Crippen molar-refractivity contribution in [1.82, 2.24) is 9.80 Å². The van der Waals surface area contributed by atoms with Gasteiger partial charge < -0.3 is 9.80 Å². The molecule has 0 bridgehead atoms. The molecule has 2 amide bonds. The molecule has 2 aliphatic rings. The number of carbonyl (C=O) groups is 2. The van der Waals surface area contributed by atoms with Crippen molar-refractivity contribution in [1.29, 1.82) is 0 Å². The normalized spacial score (nSPS) is 18.1. The van der Waals surface area contributed by atoms with Gasteiger partial charge in [-0.05, 0) is 60.9 Å². The lowest BCUT2D eigenvalue weighted by molar-refractivity contribution is -0.140. The molecule has 0 saturated carbocycles. The van der Waals surface area contributed by atoms with E-state index in [1.807, 2.05) is 40.1 Å². The van der Waals surface area contributed by atoms with Crippen LogP contribution in [0.2, 0.25) is 0 Å². The first-order chi connectivity index (χ1) is 13.9. The highest BCUT2D eigenvalue weighted by Gasteiger charge is 2.46. The van der Waals surface area contributed by atoms with E-state index in [1.165, 1.54) is 24.3 Å². The molecule has 2 aliphatic heterocycles. The molecule has 2 fully saturated rings. The van der Waals surface area contributed by atoms with Crippen LogP contribution in [0.3, 0.4) is 0 Å². The summed E-state index contributed by atoms with van der Waals surface area (Å²) in [6, 6.07) is 13.5. The second-order valence-corrected chi connectivity index (χ2v) is 8.79. The molecular formula is C23H22BrFN2O2. The molecule has 0 radical (unpaired) electrons. The predicted molar refractivity (Wildman–Crippen MR) is 114 cm³/mol. The number of hydrogen-bond acceptors (Lipinski definition) is 2. The van der Waals surface area contributed by atoms with E-state index in [4.69, 9.17) is 0 Å². The molecule has 1 spiro atoms. The number of amides is 2. The van der Waals surface area contributed by atoms with Gasteiger partial charge in [-0.15, -0.1) is 0 Å². The van der Waals surface area contributed by atoms with Crippen molar-refractivity contribution in [2.24, 2.45) is 5.41 Å². The molecule has 29 heavy (non-hydrogen) atoms. The zero-order valence-electron chi connectivity index (χ0n) is 16.0. The van der Waals surface area contributed by atoms with Gasteiger partial charge in [0.1, 0.15) is 5.82 Å². The van der Waals surface area contributed by atoms with Crippen molar-refractivity contribution >= 4 is 33.8 Å². The van der Waals surface area contributed by atoms with E-state index >= 15 is 0 Å². The lowest BCUT2D eigenvalue weighted by Crippen LogP contribution is -2.62. The van der Waals surface area contributed by atoms with E-state index < -0.39 is 0 Å². The van der Waals surface area contributed by atoms with Crippen LogP contribution in [0.15, 0.2) is 59.1 Å². The quantitative estimate of drug-likeness (QED) is 0.643. The maximum Gasteiger partial charge on any atom is 0.253 e. The van der Waals surface area contributed by atoms with Crippen molar-refractivity contribution in [2.75, 3.05) is 26.2 Å². The van der Waals surface area contributed by atoms with Crippen molar-refractivity contribution < 1.29 is 14.0 Å². The summed E-state index contributed by atoms with van der Waals surface area (Å²) in [6.07, 6.45) is 5.24. The Bertz CT molecular complexity index is 924. The number of piperidine rings is 1. The van der Waals surface area contributed by atoms with E-state index in [2.05, 4.69) is 15.9 Å². The van der Waals surface area contributed by atoms with E-state index in [0.717, 1.165) is 36.0 Å². The Hall–Kier alpha value is -2.47. The Labute approximate surface area is 178 Å². The molecule has 0 aromatic heterocycles. The largest absolute Gasteiger partial charge is 0.339 e. The number of hydrogen-bond donors (Lipinski definition) is 0. The maximum atomic E-state index is 13.1. The van der Waals surface area contributed by atoms with Crippen LogP contribution in [0.1, 0.15) is 28.8 Å². The topological polar surface area (TPSA) is 40.6 Å². The van der Waals surface area contributed by atoms with Crippen LogP contribution in [0.4, 0.5) is 4.39 Å². The van der Waals surface area contributed by atoms with Gasteiger partial charge in [-0.3, -0.25) is 9.59 Å². The molecule has 4 rings (SSSR count). The van der Waals surface area contributed by atoms with E-state index in [-0.39, 0.29) is 23.0 Å². The molecule has 4 nitrogen and oxygen atoms in total. The minimum Gasteiger partial charge on any atom is -0.339 e. The molecule has 150 valence electrons. The summed E-state index contributed by atoms with van der Waals surface area (Å²) < 4.78 is 14.1. The van der Waals surface area contributed by atoms with Crippen LogP contribution < -0.4 is 0 Å². The van der Waals surface area contributed by atoms with Gasteiger partial charge in [0.15, 0.2) is 0 Å². The summed E-state index contributed by atoms with van der Waals surface area (Å²) in [5.74, 6) is -0.361. The van der Waals surface area contributed by atoms with Crippen molar-refractivity contribution in [3.05, 3.63) is 76.0 Å². The van der Waals surface area contributed by atoms with Gasteiger partial charge in [0.25, 0.3) is 5.91 Å². The molecule has 6 heteroatoms. The Morgan fingerprint density at radius 3 is 2.17 bits per heavy atom.